The molecule has 1 fully saturated rings. The van der Waals surface area contributed by atoms with Crippen LogP contribution in [0.1, 0.15) is 5.56 Å². The van der Waals surface area contributed by atoms with Crippen molar-refractivity contribution in [1.82, 2.24) is 19.5 Å². The standard InChI is InChI=1S/C20H23N5/c1-3-9-23-11-13-24(14-12-23)20-19-15-18(22-25(19)10-8-21-20)17-7-5-4-6-16(17)2/h3-8,10,15H,1,9,11-14H2,2H3. The molecule has 0 bridgehead atoms. The molecule has 3 heterocycles. The van der Waals surface area contributed by atoms with Gasteiger partial charge in [0.05, 0.1) is 5.69 Å². The highest BCUT2D eigenvalue weighted by molar-refractivity contribution is 5.76. The largest absolute Gasteiger partial charge is 0.352 e. The average Bonchev–Trinajstić information content (AvgIpc) is 3.07. The Morgan fingerprint density at radius 3 is 2.72 bits per heavy atom. The van der Waals surface area contributed by atoms with Crippen LogP contribution in [0.2, 0.25) is 0 Å². The highest BCUT2D eigenvalue weighted by atomic mass is 15.3. The van der Waals surface area contributed by atoms with Crippen molar-refractivity contribution < 1.29 is 0 Å². The lowest BCUT2D eigenvalue weighted by molar-refractivity contribution is 0.283. The number of nitrogens with zero attached hydrogens (tertiary/aromatic N) is 5. The zero-order chi connectivity index (χ0) is 17.2. The summed E-state index contributed by atoms with van der Waals surface area (Å²) < 4.78 is 1.94. The molecule has 5 heteroatoms. The van der Waals surface area contributed by atoms with Crippen LogP contribution in [0.3, 0.4) is 0 Å². The van der Waals surface area contributed by atoms with E-state index in [1.165, 1.54) is 11.1 Å². The van der Waals surface area contributed by atoms with Crippen LogP contribution in [0.4, 0.5) is 5.82 Å². The second-order valence-electron chi connectivity index (χ2n) is 6.50. The van der Waals surface area contributed by atoms with E-state index in [9.17, 15) is 0 Å². The van der Waals surface area contributed by atoms with Crippen LogP contribution in [0.15, 0.2) is 55.4 Å². The van der Waals surface area contributed by atoms with Gasteiger partial charge in [0.2, 0.25) is 0 Å². The fourth-order valence-electron chi connectivity index (χ4n) is 3.47. The molecule has 3 aromatic rings. The molecule has 1 aliphatic heterocycles. The number of benzene rings is 1. The topological polar surface area (TPSA) is 36.7 Å². The molecule has 0 radical (unpaired) electrons. The number of anilines is 1. The zero-order valence-corrected chi connectivity index (χ0v) is 14.6. The minimum absolute atomic E-state index is 0.954. The fraction of sp³-hybridized carbons (Fsp3) is 0.300. The SMILES string of the molecule is C=CCN1CCN(c2nccn3nc(-c4ccccc4C)cc23)CC1. The van der Waals surface area contributed by atoms with Crippen molar-refractivity contribution in [2.24, 2.45) is 0 Å². The molecule has 1 aliphatic rings. The van der Waals surface area contributed by atoms with Gasteiger partial charge in [0.25, 0.3) is 0 Å². The molecule has 1 aromatic carbocycles. The first kappa shape index (κ1) is 15.8. The van der Waals surface area contributed by atoms with Gasteiger partial charge in [-0.2, -0.15) is 5.10 Å². The summed E-state index contributed by atoms with van der Waals surface area (Å²) in [6.45, 7) is 10.9. The first-order chi connectivity index (χ1) is 12.3. The number of piperazine rings is 1. The van der Waals surface area contributed by atoms with Gasteiger partial charge in [-0.05, 0) is 18.6 Å². The number of hydrogen-bond donors (Lipinski definition) is 0. The Bertz CT molecular complexity index is 890. The number of aromatic nitrogens is 3. The maximum absolute atomic E-state index is 4.77. The summed E-state index contributed by atoms with van der Waals surface area (Å²) in [7, 11) is 0. The molecule has 5 nitrogen and oxygen atoms in total. The van der Waals surface area contributed by atoms with Gasteiger partial charge in [0, 0.05) is 50.7 Å². The van der Waals surface area contributed by atoms with E-state index < -0.39 is 0 Å². The van der Waals surface area contributed by atoms with E-state index in [-0.39, 0.29) is 0 Å². The van der Waals surface area contributed by atoms with Gasteiger partial charge in [-0.3, -0.25) is 4.90 Å². The van der Waals surface area contributed by atoms with Gasteiger partial charge >= 0.3 is 0 Å². The molecule has 0 aliphatic carbocycles. The van der Waals surface area contributed by atoms with Gasteiger partial charge in [0.15, 0.2) is 5.82 Å². The van der Waals surface area contributed by atoms with Crippen LogP contribution in [0, 0.1) is 6.92 Å². The number of aryl methyl sites for hydroxylation is 1. The summed E-state index contributed by atoms with van der Waals surface area (Å²) in [6.07, 6.45) is 5.74. The van der Waals surface area contributed by atoms with Crippen molar-refractivity contribution in [3.63, 3.8) is 0 Å². The molecular weight excluding hydrogens is 310 g/mol. The zero-order valence-electron chi connectivity index (χ0n) is 14.6. The van der Waals surface area contributed by atoms with Gasteiger partial charge < -0.3 is 4.90 Å². The first-order valence-corrected chi connectivity index (χ1v) is 8.75. The average molecular weight is 333 g/mol. The summed E-state index contributed by atoms with van der Waals surface area (Å²) in [4.78, 5) is 9.43. The van der Waals surface area contributed by atoms with E-state index >= 15 is 0 Å². The van der Waals surface area contributed by atoms with Gasteiger partial charge in [-0.1, -0.05) is 30.3 Å². The molecule has 0 amide bonds. The minimum atomic E-state index is 0.954. The lowest BCUT2D eigenvalue weighted by Crippen LogP contribution is -2.46. The van der Waals surface area contributed by atoms with Gasteiger partial charge in [0.1, 0.15) is 5.52 Å². The number of fused-ring (bicyclic) bond motifs is 1. The first-order valence-electron chi connectivity index (χ1n) is 8.75. The van der Waals surface area contributed by atoms with Gasteiger partial charge in [-0.25, -0.2) is 9.50 Å². The summed E-state index contributed by atoms with van der Waals surface area (Å²) in [5.41, 5.74) is 4.47. The quantitative estimate of drug-likeness (QED) is 0.688. The minimum Gasteiger partial charge on any atom is -0.352 e. The Morgan fingerprint density at radius 2 is 1.96 bits per heavy atom. The highest BCUT2D eigenvalue weighted by Gasteiger charge is 2.20. The van der Waals surface area contributed by atoms with Crippen LogP contribution in [0.5, 0.6) is 0 Å². The summed E-state index contributed by atoms with van der Waals surface area (Å²) >= 11 is 0. The number of hydrogen-bond acceptors (Lipinski definition) is 4. The van der Waals surface area contributed by atoms with E-state index in [1.807, 2.05) is 23.0 Å². The molecule has 0 atom stereocenters. The highest BCUT2D eigenvalue weighted by Crippen LogP contribution is 2.27. The molecule has 2 aromatic heterocycles. The van der Waals surface area contributed by atoms with Crippen molar-refractivity contribution in [2.45, 2.75) is 6.92 Å². The third-order valence-corrected chi connectivity index (χ3v) is 4.85. The second kappa shape index (κ2) is 6.69. The smallest absolute Gasteiger partial charge is 0.154 e. The third kappa shape index (κ3) is 3.03. The Hall–Kier alpha value is -2.66. The van der Waals surface area contributed by atoms with Crippen LogP contribution >= 0.6 is 0 Å². The molecule has 0 saturated carbocycles. The van der Waals surface area contributed by atoms with E-state index in [0.29, 0.717) is 0 Å². The Labute approximate surface area is 148 Å². The van der Waals surface area contributed by atoms with Gasteiger partial charge in [-0.15, -0.1) is 6.58 Å². The molecule has 0 unspecified atom stereocenters. The molecular formula is C20H23N5. The van der Waals surface area contributed by atoms with E-state index in [4.69, 9.17) is 5.10 Å². The molecule has 1 saturated heterocycles. The van der Waals surface area contributed by atoms with Crippen LogP contribution in [-0.4, -0.2) is 52.2 Å². The van der Waals surface area contributed by atoms with Crippen LogP contribution < -0.4 is 4.90 Å². The fourth-order valence-corrected chi connectivity index (χ4v) is 3.47. The molecule has 0 spiro atoms. The maximum atomic E-state index is 4.77. The monoisotopic (exact) mass is 333 g/mol. The van der Waals surface area contributed by atoms with E-state index in [1.54, 1.807) is 0 Å². The summed E-state index contributed by atoms with van der Waals surface area (Å²) in [5, 5.41) is 4.77. The van der Waals surface area contributed by atoms with Crippen molar-refractivity contribution in [1.29, 1.82) is 0 Å². The van der Waals surface area contributed by atoms with Crippen molar-refractivity contribution >= 4 is 11.3 Å². The molecule has 4 rings (SSSR count). The number of rotatable bonds is 4. The van der Waals surface area contributed by atoms with E-state index in [0.717, 1.165) is 49.8 Å². The van der Waals surface area contributed by atoms with Crippen molar-refractivity contribution in [3.8, 4) is 11.3 Å². The Morgan fingerprint density at radius 1 is 1.16 bits per heavy atom. The predicted molar refractivity (Wildman–Crippen MR) is 102 cm³/mol. The summed E-state index contributed by atoms with van der Waals surface area (Å²) in [6, 6.07) is 10.5. The van der Waals surface area contributed by atoms with Crippen molar-refractivity contribution in [2.75, 3.05) is 37.6 Å². The Balaban J connectivity index is 1.67. The summed E-state index contributed by atoms with van der Waals surface area (Å²) in [5.74, 6) is 1.02. The second-order valence-corrected chi connectivity index (χ2v) is 6.50. The molecule has 0 N–H and O–H groups in total. The predicted octanol–water partition coefficient (Wildman–Crippen LogP) is 3.01. The third-order valence-electron chi connectivity index (χ3n) is 4.85. The lowest BCUT2D eigenvalue weighted by Gasteiger charge is -2.34. The van der Waals surface area contributed by atoms with Crippen molar-refractivity contribution in [3.05, 3.63) is 60.9 Å². The van der Waals surface area contributed by atoms with Crippen LogP contribution in [-0.2, 0) is 0 Å². The van der Waals surface area contributed by atoms with E-state index in [2.05, 4.69) is 58.6 Å². The van der Waals surface area contributed by atoms with Crippen LogP contribution in [0.25, 0.3) is 16.8 Å². The maximum Gasteiger partial charge on any atom is 0.154 e. The normalized spacial score (nSPS) is 15.6. The molecule has 128 valence electrons. The Kier molecular flexibility index (Phi) is 4.24. The molecule has 25 heavy (non-hydrogen) atoms. The lowest BCUT2D eigenvalue weighted by atomic mass is 10.1.